The molecule has 1 amide bonds. The van der Waals surface area contributed by atoms with E-state index in [0.29, 0.717) is 15.8 Å². The number of halogens is 1. The summed E-state index contributed by atoms with van der Waals surface area (Å²) in [6.45, 7) is 4.91. The Kier molecular flexibility index (Phi) is 6.53. The lowest BCUT2D eigenvalue weighted by atomic mass is 10.1. The molecule has 0 spiro atoms. The van der Waals surface area contributed by atoms with Crippen LogP contribution in [0.25, 0.3) is 0 Å². The van der Waals surface area contributed by atoms with Crippen LogP contribution in [0.1, 0.15) is 36.2 Å². The molecule has 0 aromatic heterocycles. The van der Waals surface area contributed by atoms with Crippen LogP contribution in [0, 0.1) is 0 Å². The molecule has 7 heteroatoms. The van der Waals surface area contributed by atoms with Crippen LogP contribution in [0.2, 0.25) is 5.02 Å². The smallest absolute Gasteiger partial charge is 0.271 e. The van der Waals surface area contributed by atoms with Gasteiger partial charge < -0.3 is 5.32 Å². The fourth-order valence-electron chi connectivity index (χ4n) is 2.48. The number of rotatable bonds is 5. The maximum Gasteiger partial charge on any atom is 0.271 e. The lowest BCUT2D eigenvalue weighted by Crippen LogP contribution is -2.19. The first-order valence-corrected chi connectivity index (χ1v) is 9.99. The van der Waals surface area contributed by atoms with Gasteiger partial charge >= 0.3 is 0 Å². The van der Waals surface area contributed by atoms with Crippen LogP contribution in [0.3, 0.4) is 0 Å². The number of anilines is 1. The van der Waals surface area contributed by atoms with Crippen molar-refractivity contribution >= 4 is 45.8 Å². The third-order valence-electron chi connectivity index (χ3n) is 4.16. The molecule has 2 aromatic carbocycles. The number of hydrogen-bond acceptors (Lipinski definition) is 5. The van der Waals surface area contributed by atoms with Gasteiger partial charge in [0.2, 0.25) is 0 Å². The Labute approximate surface area is 168 Å². The number of benzene rings is 2. The van der Waals surface area contributed by atoms with Gasteiger partial charge in [0.25, 0.3) is 5.91 Å². The average Bonchev–Trinajstić information content (AvgIpc) is 3.14. The van der Waals surface area contributed by atoms with Gasteiger partial charge in [-0.1, -0.05) is 42.4 Å². The van der Waals surface area contributed by atoms with Crippen LogP contribution in [0.5, 0.6) is 0 Å². The molecule has 27 heavy (non-hydrogen) atoms. The van der Waals surface area contributed by atoms with E-state index in [0.717, 1.165) is 35.1 Å². The van der Waals surface area contributed by atoms with Crippen molar-refractivity contribution in [2.45, 2.75) is 25.5 Å². The van der Waals surface area contributed by atoms with E-state index in [2.05, 4.69) is 27.8 Å². The molecule has 0 unspecified atom stereocenters. The van der Waals surface area contributed by atoms with Crippen LogP contribution in [0.4, 0.5) is 5.69 Å². The van der Waals surface area contributed by atoms with Gasteiger partial charge in [0, 0.05) is 21.5 Å². The minimum atomic E-state index is -0.272. The van der Waals surface area contributed by atoms with E-state index in [1.807, 2.05) is 31.2 Å². The van der Waals surface area contributed by atoms with Crippen molar-refractivity contribution in [1.82, 2.24) is 5.43 Å². The number of thioether (sulfide) groups is 1. The third-order valence-corrected chi connectivity index (χ3v) is 5.68. The highest BCUT2D eigenvalue weighted by atomic mass is 35.5. The standard InChI is InChI=1S/C20H21ClN4OS/c1-3-18-12-22-20(27-18)23-17-10-6-14(7-11-17)13(2)24-25-19(26)15-4-8-16(21)9-5-15/h4-11,18H,3,12H2,1-2H3,(H,22,23)(H,25,26)/b24-13-/t18-/m0/s1. The molecule has 0 aliphatic carbocycles. The van der Waals surface area contributed by atoms with Crippen LogP contribution in [-0.2, 0) is 0 Å². The number of hydrazone groups is 1. The maximum absolute atomic E-state index is 12.1. The Morgan fingerprint density at radius 2 is 1.85 bits per heavy atom. The lowest BCUT2D eigenvalue weighted by Gasteiger charge is -2.08. The monoisotopic (exact) mass is 400 g/mol. The van der Waals surface area contributed by atoms with Gasteiger partial charge in [0.05, 0.1) is 12.3 Å². The van der Waals surface area contributed by atoms with E-state index in [9.17, 15) is 4.79 Å². The second-order valence-electron chi connectivity index (χ2n) is 6.14. The Hall–Kier alpha value is -2.31. The zero-order chi connectivity index (χ0) is 19.2. The van der Waals surface area contributed by atoms with Crippen LogP contribution in [-0.4, -0.2) is 28.6 Å². The van der Waals surface area contributed by atoms with Gasteiger partial charge in [-0.05, 0) is 55.3 Å². The molecular weight excluding hydrogens is 380 g/mol. The van der Waals surface area contributed by atoms with Gasteiger partial charge in [-0.2, -0.15) is 5.10 Å². The minimum absolute atomic E-state index is 0.272. The highest BCUT2D eigenvalue weighted by Crippen LogP contribution is 2.24. The Bertz CT molecular complexity index is 863. The van der Waals surface area contributed by atoms with E-state index in [1.54, 1.807) is 36.0 Å². The summed E-state index contributed by atoms with van der Waals surface area (Å²) in [7, 11) is 0. The largest absolute Gasteiger partial charge is 0.335 e. The van der Waals surface area contributed by atoms with Gasteiger partial charge in [-0.15, -0.1) is 0 Å². The summed E-state index contributed by atoms with van der Waals surface area (Å²) in [5, 5.41) is 9.66. The fraction of sp³-hybridized carbons (Fsp3) is 0.250. The molecule has 0 radical (unpaired) electrons. The summed E-state index contributed by atoms with van der Waals surface area (Å²) in [6.07, 6.45) is 1.12. The summed E-state index contributed by atoms with van der Waals surface area (Å²) in [5.74, 6) is -0.272. The number of nitrogens with one attached hydrogen (secondary N) is 2. The molecule has 0 bridgehead atoms. The van der Waals surface area contributed by atoms with Gasteiger partial charge in [0.15, 0.2) is 5.17 Å². The number of aliphatic imine (C=N–C) groups is 1. The molecule has 1 atom stereocenters. The molecule has 1 aliphatic heterocycles. The third kappa shape index (κ3) is 5.34. The number of carbonyl (C=O) groups excluding carboxylic acids is 1. The Morgan fingerprint density at radius 3 is 2.48 bits per heavy atom. The molecule has 3 rings (SSSR count). The van der Waals surface area contributed by atoms with Crippen molar-refractivity contribution in [3.05, 3.63) is 64.7 Å². The molecule has 2 N–H and O–H groups in total. The van der Waals surface area contributed by atoms with Crippen molar-refractivity contribution in [1.29, 1.82) is 0 Å². The van der Waals surface area contributed by atoms with Gasteiger partial charge in [-0.3, -0.25) is 9.79 Å². The number of amidine groups is 1. The van der Waals surface area contributed by atoms with Crippen molar-refractivity contribution < 1.29 is 4.79 Å². The van der Waals surface area contributed by atoms with Crippen LogP contribution in [0.15, 0.2) is 58.6 Å². The van der Waals surface area contributed by atoms with E-state index in [1.165, 1.54) is 0 Å². The van der Waals surface area contributed by atoms with Gasteiger partial charge in [-0.25, -0.2) is 5.43 Å². The predicted octanol–water partition coefficient (Wildman–Crippen LogP) is 4.79. The van der Waals surface area contributed by atoms with E-state index in [-0.39, 0.29) is 5.91 Å². The molecule has 0 saturated carbocycles. The van der Waals surface area contributed by atoms with E-state index >= 15 is 0 Å². The van der Waals surface area contributed by atoms with Crippen molar-refractivity contribution in [2.75, 3.05) is 11.9 Å². The molecule has 1 heterocycles. The lowest BCUT2D eigenvalue weighted by molar-refractivity contribution is 0.0955. The SMILES string of the molecule is CC[C@H]1CN=C(Nc2ccc(/C(C)=N\NC(=O)c3ccc(Cl)cc3)cc2)S1. The fourth-order valence-corrected chi connectivity index (χ4v) is 3.57. The molecule has 5 nitrogen and oxygen atoms in total. The molecule has 140 valence electrons. The summed E-state index contributed by atoms with van der Waals surface area (Å²) >= 11 is 7.62. The zero-order valence-corrected chi connectivity index (χ0v) is 16.8. The first-order valence-electron chi connectivity index (χ1n) is 8.74. The maximum atomic E-state index is 12.1. The van der Waals surface area contributed by atoms with E-state index < -0.39 is 0 Å². The summed E-state index contributed by atoms with van der Waals surface area (Å²) < 4.78 is 0. The highest BCUT2D eigenvalue weighted by Gasteiger charge is 2.17. The Balaban J connectivity index is 1.58. The van der Waals surface area contributed by atoms with Crippen molar-refractivity contribution in [2.24, 2.45) is 10.1 Å². The Morgan fingerprint density at radius 1 is 1.19 bits per heavy atom. The van der Waals surface area contributed by atoms with Crippen LogP contribution >= 0.6 is 23.4 Å². The number of hydrogen-bond donors (Lipinski definition) is 2. The molecule has 0 fully saturated rings. The number of carbonyl (C=O) groups is 1. The molecule has 0 saturated heterocycles. The molecule has 1 aliphatic rings. The quantitative estimate of drug-likeness (QED) is 0.560. The first-order chi connectivity index (χ1) is 13.0. The summed E-state index contributed by atoms with van der Waals surface area (Å²) in [4.78, 5) is 16.6. The first kappa shape index (κ1) is 19.5. The molecular formula is C20H21ClN4OS. The second kappa shape index (κ2) is 9.06. The topological polar surface area (TPSA) is 65.8 Å². The van der Waals surface area contributed by atoms with Crippen LogP contribution < -0.4 is 10.7 Å². The summed E-state index contributed by atoms with van der Waals surface area (Å²) in [6, 6.07) is 14.6. The van der Waals surface area contributed by atoms with Crippen molar-refractivity contribution in [3.8, 4) is 0 Å². The number of nitrogens with zero attached hydrogens (tertiary/aromatic N) is 2. The average molecular weight is 401 g/mol. The second-order valence-corrected chi connectivity index (χ2v) is 7.87. The van der Waals surface area contributed by atoms with Gasteiger partial charge in [0.1, 0.15) is 0 Å². The predicted molar refractivity (Wildman–Crippen MR) is 115 cm³/mol. The minimum Gasteiger partial charge on any atom is -0.335 e. The molecule has 2 aromatic rings. The van der Waals surface area contributed by atoms with Crippen molar-refractivity contribution in [3.63, 3.8) is 0 Å². The van der Waals surface area contributed by atoms with E-state index in [4.69, 9.17) is 11.6 Å². The number of amides is 1. The zero-order valence-electron chi connectivity index (χ0n) is 15.2. The normalized spacial score (nSPS) is 16.8. The highest BCUT2D eigenvalue weighted by molar-refractivity contribution is 8.15. The summed E-state index contributed by atoms with van der Waals surface area (Å²) in [5.41, 5.74) is 5.72.